The fourth-order valence-electron chi connectivity index (χ4n) is 3.12. The van der Waals surface area contributed by atoms with E-state index in [1.54, 1.807) is 35.1 Å². The van der Waals surface area contributed by atoms with Crippen molar-refractivity contribution < 1.29 is 14.3 Å². The van der Waals surface area contributed by atoms with Crippen LogP contribution in [0.15, 0.2) is 60.8 Å². The lowest BCUT2D eigenvalue weighted by molar-refractivity contribution is -0.148. The van der Waals surface area contributed by atoms with Gasteiger partial charge in [0.05, 0.1) is 21.4 Å². The second kappa shape index (κ2) is 9.04. The lowest BCUT2D eigenvalue weighted by atomic mass is 9.88. The number of aromatic nitrogens is 2. The quantitative estimate of drug-likeness (QED) is 0.394. The van der Waals surface area contributed by atoms with Gasteiger partial charge < -0.3 is 9.53 Å². The van der Waals surface area contributed by atoms with Crippen molar-refractivity contribution >= 4 is 35.5 Å². The van der Waals surface area contributed by atoms with E-state index >= 15 is 0 Å². The largest absolute Gasteiger partial charge is 0.455 e. The molecule has 0 spiro atoms. The van der Waals surface area contributed by atoms with Gasteiger partial charge in [-0.2, -0.15) is 5.10 Å². The van der Waals surface area contributed by atoms with Gasteiger partial charge in [-0.15, -0.1) is 0 Å². The Hall–Kier alpha value is -2.63. The van der Waals surface area contributed by atoms with Crippen molar-refractivity contribution in [2.75, 3.05) is 0 Å². The number of carbonyl (C=O) groups excluding carboxylic acids is 2. The monoisotopic (exact) mass is 416 g/mol. The first kappa shape index (κ1) is 20.1. The van der Waals surface area contributed by atoms with E-state index < -0.39 is 18.0 Å². The van der Waals surface area contributed by atoms with Gasteiger partial charge in [0, 0.05) is 25.5 Å². The molecule has 0 saturated carbocycles. The van der Waals surface area contributed by atoms with Crippen LogP contribution in [-0.4, -0.2) is 22.0 Å². The molecule has 0 aliphatic rings. The lowest BCUT2D eigenvalue weighted by Gasteiger charge is -2.27. The van der Waals surface area contributed by atoms with Gasteiger partial charge >= 0.3 is 5.97 Å². The normalized spacial score (nSPS) is 13.0. The predicted octanol–water partition coefficient (Wildman–Crippen LogP) is 5.16. The molecule has 0 aliphatic carbocycles. The molecule has 2 aromatic carbocycles. The van der Waals surface area contributed by atoms with Crippen molar-refractivity contribution in [1.29, 1.82) is 0 Å². The third-order valence-corrected chi connectivity index (χ3v) is 5.08. The first-order chi connectivity index (χ1) is 13.5. The molecule has 0 saturated heterocycles. The second-order valence-electron chi connectivity index (χ2n) is 6.22. The predicted molar refractivity (Wildman–Crippen MR) is 108 cm³/mol. The summed E-state index contributed by atoms with van der Waals surface area (Å²) in [6.45, 7) is 1.34. The molecule has 1 aromatic heterocycles. The standard InChI is InChI=1S/C21H18Cl2N2O3/c1-14(27)28-21(17(10-12-26)15-7-8-18(22)19(23)13-15)20-9-11-24-25(20)16-5-3-2-4-6-16/h2-9,11-13,17,21H,10H2,1H3. The molecule has 0 N–H and O–H groups in total. The number of carbonyl (C=O) groups is 2. The number of benzene rings is 2. The van der Waals surface area contributed by atoms with E-state index in [9.17, 15) is 9.59 Å². The van der Waals surface area contributed by atoms with Crippen molar-refractivity contribution in [3.8, 4) is 5.69 Å². The highest BCUT2D eigenvalue weighted by Gasteiger charge is 2.31. The van der Waals surface area contributed by atoms with Crippen molar-refractivity contribution in [2.24, 2.45) is 0 Å². The van der Waals surface area contributed by atoms with Crippen LogP contribution < -0.4 is 0 Å². The van der Waals surface area contributed by atoms with Gasteiger partial charge in [0.1, 0.15) is 6.29 Å². The highest BCUT2D eigenvalue weighted by atomic mass is 35.5. The number of aldehydes is 1. The van der Waals surface area contributed by atoms with Crippen LogP contribution in [0.2, 0.25) is 10.0 Å². The van der Waals surface area contributed by atoms with E-state index in [0.717, 1.165) is 17.5 Å². The molecular weight excluding hydrogens is 399 g/mol. The maximum atomic E-state index is 11.9. The van der Waals surface area contributed by atoms with E-state index in [0.29, 0.717) is 15.7 Å². The molecule has 2 atom stereocenters. The average molecular weight is 417 g/mol. The van der Waals surface area contributed by atoms with E-state index in [2.05, 4.69) is 5.10 Å². The van der Waals surface area contributed by atoms with Crippen LogP contribution >= 0.6 is 23.2 Å². The fourth-order valence-corrected chi connectivity index (χ4v) is 3.43. The molecule has 3 rings (SSSR count). The minimum atomic E-state index is -0.734. The SMILES string of the molecule is CC(=O)OC(c1ccnn1-c1ccccc1)C(CC=O)c1ccc(Cl)c(Cl)c1. The van der Waals surface area contributed by atoms with Gasteiger partial charge in [0.2, 0.25) is 0 Å². The fraction of sp³-hybridized carbons (Fsp3) is 0.190. The molecule has 1 heterocycles. The Kier molecular flexibility index (Phi) is 6.49. The van der Waals surface area contributed by atoms with E-state index in [1.165, 1.54) is 6.92 Å². The Balaban J connectivity index is 2.10. The molecule has 7 heteroatoms. The van der Waals surface area contributed by atoms with Crippen molar-refractivity contribution in [2.45, 2.75) is 25.4 Å². The number of rotatable bonds is 7. The highest BCUT2D eigenvalue weighted by Crippen LogP contribution is 2.39. The van der Waals surface area contributed by atoms with Crippen LogP contribution in [0.3, 0.4) is 0 Å². The molecule has 0 radical (unpaired) electrons. The summed E-state index contributed by atoms with van der Waals surface area (Å²) in [6.07, 6.45) is 1.83. The van der Waals surface area contributed by atoms with Crippen molar-refractivity contribution in [3.63, 3.8) is 0 Å². The zero-order chi connectivity index (χ0) is 20.1. The van der Waals surface area contributed by atoms with Gasteiger partial charge in [0.15, 0.2) is 6.10 Å². The van der Waals surface area contributed by atoms with Crippen LogP contribution in [0.5, 0.6) is 0 Å². The number of ether oxygens (including phenoxy) is 1. The summed E-state index contributed by atoms with van der Waals surface area (Å²) in [4.78, 5) is 23.3. The summed E-state index contributed by atoms with van der Waals surface area (Å²) in [6, 6.07) is 16.4. The van der Waals surface area contributed by atoms with Crippen LogP contribution in [0.4, 0.5) is 0 Å². The first-order valence-corrected chi connectivity index (χ1v) is 9.42. The van der Waals surface area contributed by atoms with Gasteiger partial charge in [-0.25, -0.2) is 4.68 Å². The molecule has 0 bridgehead atoms. The molecule has 0 amide bonds. The summed E-state index contributed by atoms with van der Waals surface area (Å²) >= 11 is 12.2. The minimum absolute atomic E-state index is 0.135. The Morgan fingerprint density at radius 3 is 2.54 bits per heavy atom. The van der Waals surface area contributed by atoms with Crippen molar-refractivity contribution in [3.05, 3.63) is 82.1 Å². The third kappa shape index (κ3) is 4.43. The van der Waals surface area contributed by atoms with E-state index in [4.69, 9.17) is 27.9 Å². The summed E-state index contributed by atoms with van der Waals surface area (Å²) in [7, 11) is 0. The van der Waals surface area contributed by atoms with Crippen LogP contribution in [-0.2, 0) is 14.3 Å². The van der Waals surface area contributed by atoms with Gasteiger partial charge in [-0.3, -0.25) is 4.79 Å². The molecule has 5 nitrogen and oxygen atoms in total. The molecule has 0 aliphatic heterocycles. The second-order valence-corrected chi connectivity index (χ2v) is 7.03. The average Bonchev–Trinajstić information content (AvgIpc) is 3.17. The van der Waals surface area contributed by atoms with E-state index in [-0.39, 0.29) is 6.42 Å². The minimum Gasteiger partial charge on any atom is -0.455 e. The zero-order valence-electron chi connectivity index (χ0n) is 15.1. The number of esters is 1. The zero-order valence-corrected chi connectivity index (χ0v) is 16.6. The maximum absolute atomic E-state index is 11.9. The molecule has 2 unspecified atom stereocenters. The third-order valence-electron chi connectivity index (χ3n) is 4.34. The Morgan fingerprint density at radius 1 is 1.14 bits per heavy atom. The Morgan fingerprint density at radius 2 is 1.89 bits per heavy atom. The van der Waals surface area contributed by atoms with E-state index in [1.807, 2.05) is 30.3 Å². The Bertz CT molecular complexity index is 973. The summed E-state index contributed by atoms with van der Waals surface area (Å²) in [5, 5.41) is 5.15. The molecule has 28 heavy (non-hydrogen) atoms. The van der Waals surface area contributed by atoms with Gasteiger partial charge in [-0.05, 0) is 35.9 Å². The lowest BCUT2D eigenvalue weighted by Crippen LogP contribution is -2.21. The first-order valence-electron chi connectivity index (χ1n) is 8.66. The number of hydrogen-bond acceptors (Lipinski definition) is 4. The molecule has 0 fully saturated rings. The summed E-state index contributed by atoms with van der Waals surface area (Å²) < 4.78 is 7.36. The highest BCUT2D eigenvalue weighted by molar-refractivity contribution is 6.42. The molecular formula is C21H18Cl2N2O3. The van der Waals surface area contributed by atoms with Crippen LogP contribution in [0.25, 0.3) is 5.69 Å². The van der Waals surface area contributed by atoms with Crippen LogP contribution in [0, 0.1) is 0 Å². The van der Waals surface area contributed by atoms with Gasteiger partial charge in [-0.1, -0.05) is 47.5 Å². The molecule has 144 valence electrons. The smallest absolute Gasteiger partial charge is 0.303 e. The molecule has 3 aromatic rings. The summed E-state index contributed by atoms with van der Waals surface area (Å²) in [5.74, 6) is -0.905. The maximum Gasteiger partial charge on any atom is 0.303 e. The number of nitrogens with zero attached hydrogens (tertiary/aromatic N) is 2. The number of halogens is 2. The number of hydrogen-bond donors (Lipinski definition) is 0. The van der Waals surface area contributed by atoms with Crippen LogP contribution in [0.1, 0.15) is 36.6 Å². The van der Waals surface area contributed by atoms with Gasteiger partial charge in [0.25, 0.3) is 0 Å². The Labute approximate surface area is 172 Å². The topological polar surface area (TPSA) is 61.2 Å². The number of para-hydroxylation sites is 1. The summed E-state index contributed by atoms with van der Waals surface area (Å²) in [5.41, 5.74) is 2.21. The van der Waals surface area contributed by atoms with Crippen molar-refractivity contribution in [1.82, 2.24) is 9.78 Å².